The summed E-state index contributed by atoms with van der Waals surface area (Å²) in [6, 6.07) is 7.07. The molecule has 4 aromatic rings. The minimum Gasteiger partial charge on any atom is -0.464 e. The number of carbonyl (C=O) groups excluding carboxylic acids is 5. The van der Waals surface area contributed by atoms with Crippen LogP contribution in [0.2, 0.25) is 0 Å². The van der Waals surface area contributed by atoms with Gasteiger partial charge in [-0.3, -0.25) is 34.1 Å². The molecular formula is C49H63N9O8S. The van der Waals surface area contributed by atoms with Crippen LogP contribution in [0.4, 0.5) is 4.79 Å². The number of hydrogen-bond donors (Lipinski definition) is 2. The smallest absolute Gasteiger partial charge is 0.324 e. The van der Waals surface area contributed by atoms with E-state index in [9.17, 15) is 24.0 Å². The second kappa shape index (κ2) is 19.1. The monoisotopic (exact) mass is 937 g/mol. The molecule has 18 heteroatoms. The van der Waals surface area contributed by atoms with Gasteiger partial charge in [-0.05, 0) is 74.9 Å². The van der Waals surface area contributed by atoms with Crippen molar-refractivity contribution in [2.24, 2.45) is 11.3 Å². The van der Waals surface area contributed by atoms with E-state index in [4.69, 9.17) is 24.2 Å². The Hall–Kier alpha value is -5.69. The van der Waals surface area contributed by atoms with E-state index in [0.717, 1.165) is 44.7 Å². The predicted octanol–water partition coefficient (Wildman–Crippen LogP) is 5.34. The molecule has 3 saturated heterocycles. The number of pyridine rings is 1. The first-order valence-electron chi connectivity index (χ1n) is 23.2. The van der Waals surface area contributed by atoms with Gasteiger partial charge < -0.3 is 33.9 Å². The second-order valence-electron chi connectivity index (χ2n) is 19.2. The van der Waals surface area contributed by atoms with Crippen molar-refractivity contribution >= 4 is 52.0 Å². The van der Waals surface area contributed by atoms with Crippen LogP contribution in [0.25, 0.3) is 33.4 Å². The second-order valence-corrected chi connectivity index (χ2v) is 20.1. The van der Waals surface area contributed by atoms with E-state index in [1.807, 2.05) is 32.2 Å². The van der Waals surface area contributed by atoms with Gasteiger partial charge in [-0.15, -0.1) is 11.3 Å². The minimum atomic E-state index is -1.11. The number of carbonyl (C=O) groups is 5. The Bertz CT molecular complexity index is 2560. The van der Waals surface area contributed by atoms with E-state index in [0.29, 0.717) is 43.9 Å². The Kier molecular flexibility index (Phi) is 13.6. The van der Waals surface area contributed by atoms with Crippen LogP contribution in [0.5, 0.6) is 0 Å². The van der Waals surface area contributed by atoms with E-state index in [1.54, 1.807) is 30.2 Å². The third kappa shape index (κ3) is 9.20. The number of thiazole rings is 1. The summed E-state index contributed by atoms with van der Waals surface area (Å²) < 4.78 is 20.3. The molecular weight excluding hydrogens is 875 g/mol. The molecule has 4 aliphatic rings. The number of aromatic nitrogens is 3. The van der Waals surface area contributed by atoms with Crippen LogP contribution in [-0.2, 0) is 52.8 Å². The van der Waals surface area contributed by atoms with E-state index in [1.165, 1.54) is 27.3 Å². The topological polar surface area (TPSA) is 181 Å². The summed E-state index contributed by atoms with van der Waals surface area (Å²) in [5.41, 5.74) is 8.21. The van der Waals surface area contributed by atoms with Crippen molar-refractivity contribution in [3.05, 3.63) is 70.8 Å². The molecule has 7 heterocycles. The van der Waals surface area contributed by atoms with Gasteiger partial charge in [0, 0.05) is 79.2 Å². The zero-order valence-electron chi connectivity index (χ0n) is 39.8. The molecule has 0 saturated carbocycles. The van der Waals surface area contributed by atoms with E-state index < -0.39 is 53.1 Å². The number of nitrogens with one attached hydrogen (secondary N) is 2. The molecule has 0 aliphatic carbocycles. The van der Waals surface area contributed by atoms with Crippen LogP contribution in [0.3, 0.4) is 0 Å². The summed E-state index contributed by atoms with van der Waals surface area (Å²) in [4.78, 5) is 84.1. The summed E-state index contributed by atoms with van der Waals surface area (Å²) in [5, 5.41) is 8.06. The first-order valence-corrected chi connectivity index (χ1v) is 24.1. The van der Waals surface area contributed by atoms with E-state index in [-0.39, 0.29) is 50.7 Å². The lowest BCUT2D eigenvalue weighted by atomic mass is 9.84. The molecule has 67 heavy (non-hydrogen) atoms. The highest BCUT2D eigenvalue weighted by atomic mass is 32.1. The number of hydrogen-bond acceptors (Lipinski definition) is 12. The molecule has 1 spiro atoms. The number of fused-ring (bicyclic) bond motifs is 6. The van der Waals surface area contributed by atoms with Gasteiger partial charge in [-0.1, -0.05) is 40.3 Å². The first-order chi connectivity index (χ1) is 32.0. The Morgan fingerprint density at radius 1 is 1.15 bits per heavy atom. The number of methoxy groups -OCH3 is 1. The van der Waals surface area contributed by atoms with Crippen LogP contribution >= 0.6 is 11.3 Å². The van der Waals surface area contributed by atoms with Gasteiger partial charge in [0.25, 0.3) is 5.91 Å². The summed E-state index contributed by atoms with van der Waals surface area (Å²) in [7, 11) is 3.25. The van der Waals surface area contributed by atoms with Crippen LogP contribution in [0.15, 0.2) is 54.6 Å². The average Bonchev–Trinajstić information content (AvgIpc) is 4.05. The van der Waals surface area contributed by atoms with Crippen LogP contribution in [-0.4, -0.2) is 141 Å². The van der Waals surface area contributed by atoms with Crippen molar-refractivity contribution in [3.63, 3.8) is 0 Å². The Balaban J connectivity index is 1.15. The van der Waals surface area contributed by atoms with Gasteiger partial charge in [-0.25, -0.2) is 15.2 Å². The number of nitrogens with zero attached hydrogens (tertiary/aromatic N) is 7. The molecule has 2 N–H and O–H groups in total. The van der Waals surface area contributed by atoms with Crippen molar-refractivity contribution < 1.29 is 38.2 Å². The zero-order valence-corrected chi connectivity index (χ0v) is 40.6. The molecule has 358 valence electrons. The number of likely N-dealkylation sites (tertiary alicyclic amines) is 1. The van der Waals surface area contributed by atoms with Gasteiger partial charge in [-0.2, -0.15) is 0 Å². The Morgan fingerprint density at radius 2 is 1.93 bits per heavy atom. The van der Waals surface area contributed by atoms with E-state index in [2.05, 4.69) is 66.9 Å². The third-order valence-electron chi connectivity index (χ3n) is 13.5. The van der Waals surface area contributed by atoms with Gasteiger partial charge in [0.1, 0.15) is 18.1 Å². The van der Waals surface area contributed by atoms with Crippen LogP contribution < -0.4 is 10.7 Å². The highest BCUT2D eigenvalue weighted by Crippen LogP contribution is 2.42. The minimum absolute atomic E-state index is 0.0563. The molecule has 5 amide bonds. The normalized spacial score (nSPS) is 21.4. The summed E-state index contributed by atoms with van der Waals surface area (Å²) in [6.45, 7) is 17.6. The number of amides is 5. The largest absolute Gasteiger partial charge is 0.464 e. The maximum absolute atomic E-state index is 14.7. The predicted molar refractivity (Wildman–Crippen MR) is 253 cm³/mol. The number of likely N-dealkylation sites (N-methyl/N-ethyl adjacent to an activating group) is 1. The first kappa shape index (κ1) is 47.8. The van der Waals surface area contributed by atoms with Crippen molar-refractivity contribution in [1.82, 2.24) is 45.0 Å². The molecule has 17 nitrogen and oxygen atoms in total. The van der Waals surface area contributed by atoms with Crippen molar-refractivity contribution in [1.29, 1.82) is 0 Å². The number of aryl methyl sites for hydroxylation is 1. The highest BCUT2D eigenvalue weighted by Gasteiger charge is 2.56. The van der Waals surface area contributed by atoms with Crippen molar-refractivity contribution in [2.75, 3.05) is 53.6 Å². The van der Waals surface area contributed by atoms with Crippen LogP contribution in [0, 0.1) is 11.3 Å². The number of ether oxygens (including phenoxy) is 3. The van der Waals surface area contributed by atoms with E-state index >= 15 is 0 Å². The lowest BCUT2D eigenvalue weighted by Gasteiger charge is -2.51. The fraction of sp³-hybridized carbons (Fsp3) is 0.531. The lowest BCUT2D eigenvalue weighted by molar-refractivity contribution is -0.178. The number of benzene rings is 1. The van der Waals surface area contributed by atoms with Gasteiger partial charge in [0.05, 0.1) is 54.5 Å². The number of cyclic esters (lactones) is 1. The van der Waals surface area contributed by atoms with Crippen LogP contribution in [0.1, 0.15) is 76.8 Å². The molecule has 4 aliphatic heterocycles. The van der Waals surface area contributed by atoms with Gasteiger partial charge in [0.15, 0.2) is 5.72 Å². The fourth-order valence-corrected chi connectivity index (χ4v) is 10.9. The zero-order chi connectivity index (χ0) is 47.9. The standard InChI is InChI=1S/C49H63N9O8S/c1-10-40(59)55-26-49(27-55)57(20-21-66-49)47(63)54(8)42(29(3)4)44(60)52-36-23-39-51-37(25-67-39)31-16-17-38-33(22-31)34(43(56(38)11-2)32-14-12-18-50-41(32)30(5)64-9)24-48(6,7)28-65-46(62)35-15-13-19-58(53-35)45(36)61/h10,12,14,16-18,22,25,29-30,35-36,42,53H,1,11,13,15,19-21,23-24,26-28H2,2-9H3,(H,52,60)/t30-,35-,36-,42-/m0/s1. The Morgan fingerprint density at radius 3 is 2.64 bits per heavy atom. The van der Waals surface area contributed by atoms with Gasteiger partial charge >= 0.3 is 12.0 Å². The molecule has 0 radical (unpaired) electrons. The van der Waals surface area contributed by atoms with Crippen molar-refractivity contribution in [3.8, 4) is 22.5 Å². The summed E-state index contributed by atoms with van der Waals surface area (Å²) in [5.74, 6) is -2.03. The number of rotatable bonds is 9. The molecule has 6 bridgehead atoms. The fourth-order valence-electron chi connectivity index (χ4n) is 10.0. The number of hydrazine groups is 1. The third-order valence-corrected chi connectivity index (χ3v) is 14.4. The summed E-state index contributed by atoms with van der Waals surface area (Å²) in [6.07, 6.45) is 4.36. The number of urea groups is 1. The molecule has 8 rings (SSSR count). The Labute approximate surface area is 395 Å². The van der Waals surface area contributed by atoms with Gasteiger partial charge in [0.2, 0.25) is 11.8 Å². The maximum Gasteiger partial charge on any atom is 0.324 e. The quantitative estimate of drug-likeness (QED) is 0.164. The average molecular weight is 938 g/mol. The lowest BCUT2D eigenvalue weighted by Crippen LogP contribution is -2.72. The molecule has 3 fully saturated rings. The molecule has 1 aromatic carbocycles. The number of esters is 1. The molecule has 4 atom stereocenters. The molecule has 0 unspecified atom stereocenters. The van der Waals surface area contributed by atoms with Crippen molar-refractivity contribution in [2.45, 2.75) is 104 Å². The summed E-state index contributed by atoms with van der Waals surface area (Å²) >= 11 is 1.40. The highest BCUT2D eigenvalue weighted by molar-refractivity contribution is 7.10. The maximum atomic E-state index is 14.7. The SMILES string of the molecule is C=CC(=O)N1CC2(C1)OCCN2C(=O)N(C)[C@H](C(=O)N[C@H]1Cc2nc(cs2)-c2ccc3c(c2)c(c(-c2cccnc2[C@H](C)OC)n3CC)CC(C)(C)COC(=O)[C@@H]2CCCN(N2)C1=O)C(C)C. The molecule has 3 aromatic heterocycles.